The molecule has 1 atom stereocenters. The molecule has 0 aliphatic carbocycles. The van der Waals surface area contributed by atoms with E-state index in [0.717, 1.165) is 18.3 Å². The molecular weight excluding hydrogens is 259 g/mol. The molecule has 0 amide bonds. The third-order valence-corrected chi connectivity index (χ3v) is 2.05. The van der Waals surface area contributed by atoms with Crippen molar-refractivity contribution in [2.24, 2.45) is 0 Å². The molecule has 0 saturated heterocycles. The zero-order valence-electron chi connectivity index (χ0n) is 9.00. The Bertz CT molecular complexity index is 466. The summed E-state index contributed by atoms with van der Waals surface area (Å²) in [7, 11) is 0. The van der Waals surface area contributed by atoms with E-state index < -0.39 is 18.2 Å². The third-order valence-electron chi connectivity index (χ3n) is 2.05. The summed E-state index contributed by atoms with van der Waals surface area (Å²) < 4.78 is 66.3. The van der Waals surface area contributed by atoms with Gasteiger partial charge < -0.3 is 4.74 Å². The Morgan fingerprint density at radius 1 is 1.33 bits per heavy atom. The summed E-state index contributed by atoms with van der Waals surface area (Å²) in [6.07, 6.45) is -7.03. The van der Waals surface area contributed by atoms with Crippen LogP contribution in [0.4, 0.5) is 22.0 Å². The zero-order chi connectivity index (χ0) is 14.0. The maximum Gasteiger partial charge on any atom is 0.457 e. The van der Waals surface area contributed by atoms with Crippen molar-refractivity contribution >= 4 is 0 Å². The van der Waals surface area contributed by atoms with E-state index in [1.807, 2.05) is 0 Å². The highest BCUT2D eigenvalue weighted by molar-refractivity contribution is 5.29. The number of ether oxygens (including phenoxy) is 1. The molecule has 1 heterocycles. The summed E-state index contributed by atoms with van der Waals surface area (Å²) in [5.41, 5.74) is -0.143. The summed E-state index contributed by atoms with van der Waals surface area (Å²) in [6.45, 7) is 0.597. The van der Waals surface area contributed by atoms with E-state index in [2.05, 4.69) is 9.72 Å². The summed E-state index contributed by atoms with van der Waals surface area (Å²) in [4.78, 5) is 3.53. The minimum Gasteiger partial charge on any atom is -0.484 e. The number of pyridine rings is 1. The van der Waals surface area contributed by atoms with Crippen LogP contribution in [0.3, 0.4) is 0 Å². The lowest BCUT2D eigenvalue weighted by molar-refractivity contribution is -0.306. The molecule has 98 valence electrons. The molecule has 0 aliphatic heterocycles. The molecule has 3 nitrogen and oxygen atoms in total. The van der Waals surface area contributed by atoms with Crippen molar-refractivity contribution < 1.29 is 26.7 Å². The van der Waals surface area contributed by atoms with Crippen LogP contribution < -0.4 is 4.74 Å². The number of nitriles is 1. The number of halogens is 5. The highest BCUT2D eigenvalue weighted by Gasteiger charge is 2.62. The van der Waals surface area contributed by atoms with Crippen LogP contribution in [0.5, 0.6) is 5.75 Å². The van der Waals surface area contributed by atoms with Gasteiger partial charge in [0.05, 0.1) is 0 Å². The average Bonchev–Trinajstić information content (AvgIpc) is 2.27. The minimum atomic E-state index is -5.70. The number of hydrogen-bond donors (Lipinski definition) is 0. The zero-order valence-corrected chi connectivity index (χ0v) is 9.00. The van der Waals surface area contributed by atoms with E-state index in [1.165, 1.54) is 0 Å². The molecule has 0 saturated carbocycles. The Hall–Kier alpha value is -1.91. The first kappa shape index (κ1) is 14.2. The van der Waals surface area contributed by atoms with E-state index in [1.54, 1.807) is 6.07 Å². The van der Waals surface area contributed by atoms with Crippen LogP contribution in [-0.4, -0.2) is 23.2 Å². The molecule has 0 radical (unpaired) electrons. The lowest BCUT2D eigenvalue weighted by Gasteiger charge is -2.26. The van der Waals surface area contributed by atoms with Crippen molar-refractivity contribution in [3.8, 4) is 11.8 Å². The number of alkyl halides is 5. The Morgan fingerprint density at radius 3 is 2.44 bits per heavy atom. The predicted molar refractivity (Wildman–Crippen MR) is 50.0 cm³/mol. The van der Waals surface area contributed by atoms with Gasteiger partial charge in [0.25, 0.3) is 0 Å². The summed E-state index contributed by atoms with van der Waals surface area (Å²) in [5, 5.41) is 8.49. The van der Waals surface area contributed by atoms with Crippen molar-refractivity contribution in [3.05, 3.63) is 24.0 Å². The Balaban J connectivity index is 2.88. The van der Waals surface area contributed by atoms with Crippen LogP contribution >= 0.6 is 0 Å². The molecule has 0 bridgehead atoms. The Labute approximate surface area is 98.8 Å². The number of aromatic nitrogens is 1. The molecular formula is C10H7F5N2O. The number of nitrogens with zero attached hydrogens (tertiary/aromatic N) is 2. The molecule has 1 rings (SSSR count). The summed E-state index contributed by atoms with van der Waals surface area (Å²) in [5.74, 6) is -5.26. The molecule has 0 spiro atoms. The van der Waals surface area contributed by atoms with Gasteiger partial charge in [-0.15, -0.1) is 0 Å². The maximum absolute atomic E-state index is 12.9. The van der Waals surface area contributed by atoms with Crippen molar-refractivity contribution in [1.29, 1.82) is 5.26 Å². The SMILES string of the molecule is CC(Oc1ccnc(C#N)c1)C(F)(F)C(F)(F)F. The van der Waals surface area contributed by atoms with Gasteiger partial charge in [-0.25, -0.2) is 4.98 Å². The fraction of sp³-hybridized carbons (Fsp3) is 0.400. The third kappa shape index (κ3) is 2.85. The standard InChI is InChI=1S/C10H7F5N2O/c1-6(9(11,12)10(13,14)15)18-8-2-3-17-7(4-8)5-16/h2-4,6H,1H3. The topological polar surface area (TPSA) is 45.9 Å². The molecule has 18 heavy (non-hydrogen) atoms. The Morgan fingerprint density at radius 2 is 1.94 bits per heavy atom. The van der Waals surface area contributed by atoms with Gasteiger partial charge in [0.1, 0.15) is 17.5 Å². The monoisotopic (exact) mass is 266 g/mol. The lowest BCUT2D eigenvalue weighted by atomic mass is 10.2. The van der Waals surface area contributed by atoms with E-state index in [9.17, 15) is 22.0 Å². The molecule has 1 aromatic heterocycles. The predicted octanol–water partition coefficient (Wildman–Crippen LogP) is 2.92. The fourth-order valence-corrected chi connectivity index (χ4v) is 1.05. The second-order valence-corrected chi connectivity index (χ2v) is 3.37. The first-order chi connectivity index (χ1) is 8.18. The minimum absolute atomic E-state index is 0.143. The maximum atomic E-state index is 12.9. The van der Waals surface area contributed by atoms with Crippen LogP contribution in [0.25, 0.3) is 0 Å². The second-order valence-electron chi connectivity index (χ2n) is 3.37. The van der Waals surface area contributed by atoms with Crippen LogP contribution in [0.1, 0.15) is 12.6 Å². The summed E-state index contributed by atoms with van der Waals surface area (Å²) in [6, 6.07) is 3.67. The normalized spacial score (nSPS) is 13.8. The molecule has 0 aliphatic rings. The van der Waals surface area contributed by atoms with Gasteiger partial charge >= 0.3 is 12.1 Å². The van der Waals surface area contributed by atoms with Crippen molar-refractivity contribution in [3.63, 3.8) is 0 Å². The highest BCUT2D eigenvalue weighted by atomic mass is 19.4. The van der Waals surface area contributed by atoms with E-state index in [-0.39, 0.29) is 11.4 Å². The van der Waals surface area contributed by atoms with E-state index in [0.29, 0.717) is 6.92 Å². The second kappa shape index (κ2) is 4.76. The largest absolute Gasteiger partial charge is 0.484 e. The Kier molecular flexibility index (Phi) is 3.74. The smallest absolute Gasteiger partial charge is 0.457 e. The van der Waals surface area contributed by atoms with Gasteiger partial charge in [0, 0.05) is 12.3 Å². The van der Waals surface area contributed by atoms with Gasteiger partial charge in [-0.3, -0.25) is 0 Å². The highest BCUT2D eigenvalue weighted by Crippen LogP contribution is 2.39. The molecule has 1 unspecified atom stereocenters. The molecule has 1 aromatic rings. The van der Waals surface area contributed by atoms with Crippen molar-refractivity contribution in [1.82, 2.24) is 4.98 Å². The molecule has 0 fully saturated rings. The van der Waals surface area contributed by atoms with Crippen LogP contribution in [-0.2, 0) is 0 Å². The molecule has 0 N–H and O–H groups in total. The fourth-order valence-electron chi connectivity index (χ4n) is 1.05. The van der Waals surface area contributed by atoms with Crippen LogP contribution in [0.15, 0.2) is 18.3 Å². The first-order valence-electron chi connectivity index (χ1n) is 4.66. The molecule has 8 heteroatoms. The lowest BCUT2D eigenvalue weighted by Crippen LogP contribution is -2.48. The quantitative estimate of drug-likeness (QED) is 0.790. The van der Waals surface area contributed by atoms with Crippen molar-refractivity contribution in [2.75, 3.05) is 0 Å². The number of hydrogen-bond acceptors (Lipinski definition) is 3. The van der Waals surface area contributed by atoms with Gasteiger partial charge in [0.15, 0.2) is 6.10 Å². The van der Waals surface area contributed by atoms with Crippen LogP contribution in [0, 0.1) is 11.3 Å². The number of rotatable bonds is 3. The van der Waals surface area contributed by atoms with Crippen LogP contribution in [0.2, 0.25) is 0 Å². The first-order valence-corrected chi connectivity index (χ1v) is 4.66. The van der Waals surface area contributed by atoms with Gasteiger partial charge in [-0.2, -0.15) is 27.2 Å². The van der Waals surface area contributed by atoms with Gasteiger partial charge in [-0.1, -0.05) is 0 Å². The van der Waals surface area contributed by atoms with Gasteiger partial charge in [-0.05, 0) is 13.0 Å². The van der Waals surface area contributed by atoms with Gasteiger partial charge in [0.2, 0.25) is 0 Å². The molecule has 0 aromatic carbocycles. The summed E-state index contributed by atoms with van der Waals surface area (Å²) >= 11 is 0. The average molecular weight is 266 g/mol. The van der Waals surface area contributed by atoms with E-state index in [4.69, 9.17) is 5.26 Å². The van der Waals surface area contributed by atoms with Crippen molar-refractivity contribution in [2.45, 2.75) is 25.1 Å². The van der Waals surface area contributed by atoms with E-state index >= 15 is 0 Å².